The summed E-state index contributed by atoms with van der Waals surface area (Å²) in [5, 5.41) is 3.13. The van der Waals surface area contributed by atoms with Crippen LogP contribution in [0.5, 0.6) is 0 Å². The van der Waals surface area contributed by atoms with E-state index < -0.39 is 17.7 Å². The van der Waals surface area contributed by atoms with Crippen molar-refractivity contribution in [2.75, 3.05) is 25.0 Å². The van der Waals surface area contributed by atoms with Gasteiger partial charge in [0.15, 0.2) is 0 Å². The molecule has 1 saturated heterocycles. The molecule has 0 radical (unpaired) electrons. The number of hydrogen-bond acceptors (Lipinski definition) is 4. The Morgan fingerprint density at radius 3 is 2.79 bits per heavy atom. The number of nitrogens with zero attached hydrogens (tertiary/aromatic N) is 1. The van der Waals surface area contributed by atoms with E-state index >= 15 is 0 Å². The summed E-state index contributed by atoms with van der Waals surface area (Å²) in [6, 6.07) is 4.57. The maximum absolute atomic E-state index is 12.3. The van der Waals surface area contributed by atoms with E-state index in [1.54, 1.807) is 13.0 Å². The molecule has 1 atom stereocenters. The largest absolute Gasteiger partial charge is 0.466 e. The van der Waals surface area contributed by atoms with Gasteiger partial charge in [-0.3, -0.25) is 14.4 Å². The molecule has 1 aliphatic rings. The van der Waals surface area contributed by atoms with Crippen LogP contribution in [0.25, 0.3) is 0 Å². The van der Waals surface area contributed by atoms with Gasteiger partial charge in [0.1, 0.15) is 0 Å². The van der Waals surface area contributed by atoms with Gasteiger partial charge in [0.25, 0.3) is 0 Å². The minimum atomic E-state index is -0.816. The van der Waals surface area contributed by atoms with Gasteiger partial charge in [-0.2, -0.15) is 0 Å². The average Bonchev–Trinajstić information content (AvgIpc) is 2.57. The van der Waals surface area contributed by atoms with Crippen LogP contribution in [-0.4, -0.2) is 42.4 Å². The van der Waals surface area contributed by atoms with Crippen LogP contribution in [-0.2, 0) is 19.1 Å². The van der Waals surface area contributed by atoms with Gasteiger partial charge in [0.2, 0.25) is 0 Å². The number of carbonyl (C=O) groups is 3. The van der Waals surface area contributed by atoms with Crippen molar-refractivity contribution >= 4 is 46.7 Å². The zero-order chi connectivity index (χ0) is 17.7. The molecule has 1 unspecified atom stereocenters. The van der Waals surface area contributed by atoms with Crippen molar-refractivity contribution in [1.29, 1.82) is 0 Å². The fourth-order valence-electron chi connectivity index (χ4n) is 2.53. The second-order valence-electron chi connectivity index (χ2n) is 5.42. The molecule has 0 aromatic heterocycles. The second-order valence-corrected chi connectivity index (χ2v) is 6.26. The van der Waals surface area contributed by atoms with E-state index in [4.69, 9.17) is 27.9 Å². The SMILES string of the molecule is CCOC(=O)C1CCCN(C(=O)C(=O)Nc2cc(Cl)ccc2Cl)C1. The van der Waals surface area contributed by atoms with Crippen LogP contribution >= 0.6 is 23.2 Å². The lowest BCUT2D eigenvalue weighted by atomic mass is 9.98. The predicted molar refractivity (Wildman–Crippen MR) is 91.0 cm³/mol. The highest BCUT2D eigenvalue weighted by molar-refractivity contribution is 6.42. The van der Waals surface area contributed by atoms with Gasteiger partial charge in [-0.05, 0) is 38.0 Å². The molecule has 8 heteroatoms. The summed E-state index contributed by atoms with van der Waals surface area (Å²) in [4.78, 5) is 37.6. The molecule has 0 spiro atoms. The molecule has 2 amide bonds. The van der Waals surface area contributed by atoms with Crippen molar-refractivity contribution in [3.05, 3.63) is 28.2 Å². The molecule has 0 saturated carbocycles. The van der Waals surface area contributed by atoms with E-state index in [0.29, 0.717) is 24.4 Å². The number of carbonyl (C=O) groups excluding carboxylic acids is 3. The number of ether oxygens (including phenoxy) is 1. The van der Waals surface area contributed by atoms with Crippen molar-refractivity contribution in [2.45, 2.75) is 19.8 Å². The minimum absolute atomic E-state index is 0.175. The zero-order valence-corrected chi connectivity index (χ0v) is 14.7. The highest BCUT2D eigenvalue weighted by atomic mass is 35.5. The summed E-state index contributed by atoms with van der Waals surface area (Å²) in [5.41, 5.74) is 0.265. The van der Waals surface area contributed by atoms with Gasteiger partial charge in [0, 0.05) is 18.1 Å². The Morgan fingerprint density at radius 2 is 2.08 bits per heavy atom. The highest BCUT2D eigenvalue weighted by Gasteiger charge is 2.32. The Balaban J connectivity index is 2.01. The van der Waals surface area contributed by atoms with Crippen LogP contribution in [0.1, 0.15) is 19.8 Å². The number of anilines is 1. The van der Waals surface area contributed by atoms with E-state index in [9.17, 15) is 14.4 Å². The van der Waals surface area contributed by atoms with Crippen molar-refractivity contribution in [3.8, 4) is 0 Å². The van der Waals surface area contributed by atoms with Crippen LogP contribution < -0.4 is 5.32 Å². The molecule has 1 N–H and O–H groups in total. The molecular weight excluding hydrogens is 355 g/mol. The van der Waals surface area contributed by atoms with Crippen molar-refractivity contribution < 1.29 is 19.1 Å². The number of halogens is 2. The number of piperidine rings is 1. The van der Waals surface area contributed by atoms with E-state index in [-0.39, 0.29) is 29.8 Å². The molecule has 1 heterocycles. The minimum Gasteiger partial charge on any atom is -0.466 e. The van der Waals surface area contributed by atoms with Gasteiger partial charge >= 0.3 is 17.8 Å². The number of benzene rings is 1. The molecule has 6 nitrogen and oxygen atoms in total. The van der Waals surface area contributed by atoms with E-state index in [0.717, 1.165) is 0 Å². The van der Waals surface area contributed by atoms with Crippen molar-refractivity contribution in [3.63, 3.8) is 0 Å². The Kier molecular flexibility index (Phi) is 6.45. The zero-order valence-electron chi connectivity index (χ0n) is 13.2. The lowest BCUT2D eigenvalue weighted by molar-refractivity contribution is -0.153. The first-order valence-corrected chi connectivity index (χ1v) is 8.40. The maximum atomic E-state index is 12.3. The topological polar surface area (TPSA) is 75.7 Å². The van der Waals surface area contributed by atoms with E-state index in [2.05, 4.69) is 5.32 Å². The number of amides is 2. The number of likely N-dealkylation sites (tertiary alicyclic amines) is 1. The number of esters is 1. The quantitative estimate of drug-likeness (QED) is 0.653. The summed E-state index contributed by atoms with van der Waals surface area (Å²) in [7, 11) is 0. The van der Waals surface area contributed by atoms with Crippen molar-refractivity contribution in [1.82, 2.24) is 4.90 Å². The van der Waals surface area contributed by atoms with Gasteiger partial charge in [-0.25, -0.2) is 0 Å². The summed E-state index contributed by atoms with van der Waals surface area (Å²) in [5.74, 6) is -2.26. The van der Waals surface area contributed by atoms with Crippen LogP contribution in [0.15, 0.2) is 18.2 Å². The Bertz CT molecular complexity index is 651. The van der Waals surface area contributed by atoms with Crippen LogP contribution in [0.4, 0.5) is 5.69 Å². The molecule has 2 rings (SSSR count). The second kappa shape index (κ2) is 8.35. The number of nitrogens with one attached hydrogen (secondary N) is 1. The smallest absolute Gasteiger partial charge is 0.313 e. The first-order valence-electron chi connectivity index (χ1n) is 7.64. The predicted octanol–water partition coefficient (Wildman–Crippen LogP) is 2.73. The van der Waals surface area contributed by atoms with Crippen LogP contribution in [0.2, 0.25) is 10.0 Å². The standard InChI is InChI=1S/C16H18Cl2N2O4/c1-2-24-16(23)10-4-3-7-20(9-10)15(22)14(21)19-13-8-11(17)5-6-12(13)18/h5-6,8,10H,2-4,7,9H2,1H3,(H,19,21). The first kappa shape index (κ1) is 18.5. The van der Waals surface area contributed by atoms with Gasteiger partial charge in [-0.1, -0.05) is 23.2 Å². The summed E-state index contributed by atoms with van der Waals surface area (Å²) in [6.07, 6.45) is 1.28. The molecule has 1 aromatic carbocycles. The van der Waals surface area contributed by atoms with Gasteiger partial charge < -0.3 is 15.0 Å². The fourth-order valence-corrected chi connectivity index (χ4v) is 2.86. The monoisotopic (exact) mass is 372 g/mol. The van der Waals surface area contributed by atoms with Gasteiger partial charge in [-0.15, -0.1) is 0 Å². The third-order valence-corrected chi connectivity index (χ3v) is 4.26. The number of rotatable bonds is 3. The third-order valence-electron chi connectivity index (χ3n) is 3.70. The van der Waals surface area contributed by atoms with E-state index in [1.165, 1.54) is 17.0 Å². The Hall–Kier alpha value is -1.79. The fraction of sp³-hybridized carbons (Fsp3) is 0.438. The summed E-state index contributed by atoms with van der Waals surface area (Å²) >= 11 is 11.8. The Labute approximate surface area is 150 Å². The lowest BCUT2D eigenvalue weighted by Crippen LogP contribution is -2.47. The summed E-state index contributed by atoms with van der Waals surface area (Å²) < 4.78 is 4.98. The highest BCUT2D eigenvalue weighted by Crippen LogP contribution is 2.25. The van der Waals surface area contributed by atoms with Crippen molar-refractivity contribution in [2.24, 2.45) is 5.92 Å². The van der Waals surface area contributed by atoms with Gasteiger partial charge in [0.05, 0.1) is 23.2 Å². The molecule has 130 valence electrons. The normalized spacial score (nSPS) is 17.3. The van der Waals surface area contributed by atoms with Crippen LogP contribution in [0.3, 0.4) is 0 Å². The van der Waals surface area contributed by atoms with E-state index in [1.807, 2.05) is 0 Å². The molecule has 0 aliphatic carbocycles. The maximum Gasteiger partial charge on any atom is 0.313 e. The molecular formula is C16H18Cl2N2O4. The van der Waals surface area contributed by atoms with Crippen LogP contribution in [0, 0.1) is 5.92 Å². The number of hydrogen-bond donors (Lipinski definition) is 1. The molecule has 24 heavy (non-hydrogen) atoms. The molecule has 1 aliphatic heterocycles. The third kappa shape index (κ3) is 4.61. The molecule has 0 bridgehead atoms. The Morgan fingerprint density at radius 1 is 1.33 bits per heavy atom. The lowest BCUT2D eigenvalue weighted by Gasteiger charge is -2.31. The first-order chi connectivity index (χ1) is 11.4. The average molecular weight is 373 g/mol. The molecule has 1 aromatic rings. The summed E-state index contributed by atoms with van der Waals surface area (Å²) in [6.45, 7) is 2.61. The molecule has 1 fully saturated rings.